The summed E-state index contributed by atoms with van der Waals surface area (Å²) in [5.41, 5.74) is 1.16. The van der Waals surface area contributed by atoms with Gasteiger partial charge in [0.2, 0.25) is 0 Å². The molecular weight excluding hydrogens is 314 g/mol. The number of rotatable bonds is 5. The van der Waals surface area contributed by atoms with Gasteiger partial charge in [-0.1, -0.05) is 51.7 Å². The lowest BCUT2D eigenvalue weighted by Gasteiger charge is -2.38. The Morgan fingerprint density at radius 1 is 0.800 bits per heavy atom. The molecule has 0 atom stereocenters. The molecule has 2 aliphatic rings. The van der Waals surface area contributed by atoms with Gasteiger partial charge in [0.1, 0.15) is 0 Å². The van der Waals surface area contributed by atoms with Crippen molar-refractivity contribution in [2.75, 3.05) is 0 Å². The Kier molecular flexibility index (Phi) is 6.52. The van der Waals surface area contributed by atoms with Crippen molar-refractivity contribution < 1.29 is 8.78 Å². The highest BCUT2D eigenvalue weighted by Crippen LogP contribution is 2.44. The molecule has 1 aromatic rings. The summed E-state index contributed by atoms with van der Waals surface area (Å²) in [6.45, 7) is 4.32. The van der Waals surface area contributed by atoms with Crippen LogP contribution in [0.5, 0.6) is 0 Å². The number of hydrogen-bond acceptors (Lipinski definition) is 0. The average Bonchev–Trinajstić information content (AvgIpc) is 2.66. The molecule has 25 heavy (non-hydrogen) atoms. The van der Waals surface area contributed by atoms with Gasteiger partial charge in [0.05, 0.1) is 0 Å². The second-order valence-corrected chi connectivity index (χ2v) is 8.49. The van der Waals surface area contributed by atoms with Crippen LogP contribution in [0.4, 0.5) is 8.78 Å². The van der Waals surface area contributed by atoms with Crippen LogP contribution in [-0.4, -0.2) is 0 Å². The molecule has 0 N–H and O–H groups in total. The Hall–Kier alpha value is -0.920. The second-order valence-electron chi connectivity index (χ2n) is 8.49. The van der Waals surface area contributed by atoms with Crippen LogP contribution in [0.3, 0.4) is 0 Å². The minimum absolute atomic E-state index is 0.216. The number of benzene rings is 1. The zero-order chi connectivity index (χ0) is 17.8. The Morgan fingerprint density at radius 2 is 1.40 bits per heavy atom. The minimum atomic E-state index is -0.598. The summed E-state index contributed by atoms with van der Waals surface area (Å²) < 4.78 is 28.8. The molecule has 3 rings (SSSR count). The maximum absolute atomic E-state index is 14.5. The zero-order valence-electron chi connectivity index (χ0n) is 16.0. The van der Waals surface area contributed by atoms with Crippen LogP contribution < -0.4 is 0 Å². The topological polar surface area (TPSA) is 0 Å². The summed E-state index contributed by atoms with van der Waals surface area (Å²) in [6.07, 6.45) is 12.8. The highest BCUT2D eigenvalue weighted by molar-refractivity contribution is 5.29. The van der Waals surface area contributed by atoms with E-state index in [1.165, 1.54) is 44.9 Å². The van der Waals surface area contributed by atoms with Crippen molar-refractivity contribution in [1.82, 2.24) is 0 Å². The van der Waals surface area contributed by atoms with Crippen molar-refractivity contribution in [2.45, 2.75) is 90.4 Å². The van der Waals surface area contributed by atoms with E-state index >= 15 is 0 Å². The molecule has 2 aliphatic carbocycles. The summed E-state index contributed by atoms with van der Waals surface area (Å²) in [5, 5.41) is 0. The Bertz CT molecular complexity index is 549. The van der Waals surface area contributed by atoms with Crippen LogP contribution in [0, 0.1) is 29.4 Å². The van der Waals surface area contributed by atoms with Crippen LogP contribution in [0.2, 0.25) is 0 Å². The Morgan fingerprint density at radius 3 is 1.96 bits per heavy atom. The van der Waals surface area contributed by atoms with E-state index in [1.54, 1.807) is 0 Å². The summed E-state index contributed by atoms with van der Waals surface area (Å²) in [7, 11) is 0. The first kappa shape index (κ1) is 18.9. The number of aryl methyl sites for hydroxylation is 1. The standard InChI is InChI=1S/C23H34F2/c1-3-5-20-14-15-21(23(25)22(20)24)19-12-10-18(11-13-19)17-8-6-16(4-2)7-9-17/h14-19H,3-13H2,1-2H3. The molecule has 2 fully saturated rings. The van der Waals surface area contributed by atoms with E-state index in [2.05, 4.69) is 6.92 Å². The predicted molar refractivity (Wildman–Crippen MR) is 101 cm³/mol. The van der Waals surface area contributed by atoms with Gasteiger partial charge < -0.3 is 0 Å². The summed E-state index contributed by atoms with van der Waals surface area (Å²) >= 11 is 0. The lowest BCUT2D eigenvalue weighted by molar-refractivity contribution is 0.158. The highest BCUT2D eigenvalue weighted by atomic mass is 19.2. The average molecular weight is 349 g/mol. The first-order valence-corrected chi connectivity index (χ1v) is 10.6. The third-order valence-electron chi connectivity index (χ3n) is 7.06. The first-order valence-electron chi connectivity index (χ1n) is 10.6. The molecule has 140 valence electrons. The zero-order valence-corrected chi connectivity index (χ0v) is 16.0. The largest absolute Gasteiger partial charge is 0.203 e. The Balaban J connectivity index is 1.58. The molecular formula is C23H34F2. The van der Waals surface area contributed by atoms with Crippen LogP contribution in [0.25, 0.3) is 0 Å². The van der Waals surface area contributed by atoms with Crippen molar-refractivity contribution in [3.63, 3.8) is 0 Å². The van der Waals surface area contributed by atoms with E-state index in [9.17, 15) is 8.78 Å². The maximum Gasteiger partial charge on any atom is 0.162 e. The predicted octanol–water partition coefficient (Wildman–Crippen LogP) is 7.41. The van der Waals surface area contributed by atoms with Crippen LogP contribution >= 0.6 is 0 Å². The van der Waals surface area contributed by atoms with Crippen LogP contribution in [-0.2, 0) is 6.42 Å². The van der Waals surface area contributed by atoms with E-state index < -0.39 is 11.6 Å². The molecule has 0 radical (unpaired) electrons. The quantitative estimate of drug-likeness (QED) is 0.520. The maximum atomic E-state index is 14.5. The summed E-state index contributed by atoms with van der Waals surface area (Å²) in [6, 6.07) is 3.68. The highest BCUT2D eigenvalue weighted by Gasteiger charge is 2.32. The lowest BCUT2D eigenvalue weighted by atomic mass is 9.68. The normalized spacial score (nSPS) is 30.4. The molecule has 2 heteroatoms. The van der Waals surface area contributed by atoms with Crippen molar-refractivity contribution in [3.8, 4) is 0 Å². The third-order valence-corrected chi connectivity index (χ3v) is 7.06. The molecule has 0 amide bonds. The van der Waals surface area contributed by atoms with E-state index in [1.807, 2.05) is 19.1 Å². The molecule has 0 bridgehead atoms. The number of halogens is 2. The monoisotopic (exact) mass is 348 g/mol. The van der Waals surface area contributed by atoms with Crippen LogP contribution in [0.15, 0.2) is 12.1 Å². The van der Waals surface area contributed by atoms with E-state index in [-0.39, 0.29) is 5.92 Å². The third kappa shape index (κ3) is 4.26. The van der Waals surface area contributed by atoms with Gasteiger partial charge in [0, 0.05) is 0 Å². The fraction of sp³-hybridized carbons (Fsp3) is 0.739. The van der Waals surface area contributed by atoms with Crippen molar-refractivity contribution in [3.05, 3.63) is 34.9 Å². The molecule has 0 spiro atoms. The Labute approximate surface area is 152 Å². The smallest absolute Gasteiger partial charge is 0.162 e. The van der Waals surface area contributed by atoms with Crippen molar-refractivity contribution in [2.24, 2.45) is 17.8 Å². The fourth-order valence-electron chi connectivity index (χ4n) is 5.35. The fourth-order valence-corrected chi connectivity index (χ4v) is 5.35. The van der Waals surface area contributed by atoms with Gasteiger partial charge in [0.25, 0.3) is 0 Å². The van der Waals surface area contributed by atoms with E-state index in [0.29, 0.717) is 17.5 Å². The molecule has 2 saturated carbocycles. The van der Waals surface area contributed by atoms with Gasteiger partial charge in [-0.3, -0.25) is 0 Å². The van der Waals surface area contributed by atoms with E-state index in [0.717, 1.165) is 37.0 Å². The van der Waals surface area contributed by atoms with Gasteiger partial charge in [0.15, 0.2) is 11.6 Å². The molecule has 0 unspecified atom stereocenters. The van der Waals surface area contributed by atoms with Gasteiger partial charge >= 0.3 is 0 Å². The van der Waals surface area contributed by atoms with Gasteiger partial charge in [-0.2, -0.15) is 0 Å². The van der Waals surface area contributed by atoms with Gasteiger partial charge in [-0.05, 0) is 79.7 Å². The molecule has 1 aromatic carbocycles. The molecule has 0 aromatic heterocycles. The second kappa shape index (κ2) is 8.64. The van der Waals surface area contributed by atoms with Crippen molar-refractivity contribution >= 4 is 0 Å². The lowest BCUT2D eigenvalue weighted by Crippen LogP contribution is -2.25. The molecule has 0 aliphatic heterocycles. The van der Waals surface area contributed by atoms with Gasteiger partial charge in [-0.25, -0.2) is 8.78 Å². The molecule has 0 nitrogen and oxygen atoms in total. The molecule has 0 saturated heterocycles. The van der Waals surface area contributed by atoms with Crippen LogP contribution in [0.1, 0.15) is 95.1 Å². The summed E-state index contributed by atoms with van der Waals surface area (Å²) in [5.74, 6) is 1.70. The van der Waals surface area contributed by atoms with Crippen molar-refractivity contribution in [1.29, 1.82) is 0 Å². The molecule has 0 heterocycles. The van der Waals surface area contributed by atoms with Gasteiger partial charge in [-0.15, -0.1) is 0 Å². The first-order chi connectivity index (χ1) is 12.1. The van der Waals surface area contributed by atoms with E-state index in [4.69, 9.17) is 0 Å². The minimum Gasteiger partial charge on any atom is -0.203 e. The number of hydrogen-bond donors (Lipinski definition) is 0. The summed E-state index contributed by atoms with van der Waals surface area (Å²) in [4.78, 5) is 0. The SMILES string of the molecule is CCCc1ccc(C2CCC(C3CCC(CC)CC3)CC2)c(F)c1F.